The molecule has 0 unspecified atom stereocenters. The van der Waals surface area contributed by atoms with Crippen molar-refractivity contribution in [3.8, 4) is 5.75 Å². The molecule has 0 radical (unpaired) electrons. The lowest BCUT2D eigenvalue weighted by molar-refractivity contribution is -0.136. The second kappa shape index (κ2) is 11.2. The number of hydrogen-bond acceptors (Lipinski definition) is 5. The maximum atomic E-state index is 12.2. The van der Waals surface area contributed by atoms with E-state index in [1.54, 1.807) is 36.4 Å². The highest BCUT2D eigenvalue weighted by Crippen LogP contribution is 2.17. The van der Waals surface area contributed by atoms with Gasteiger partial charge < -0.3 is 15.4 Å². The minimum absolute atomic E-state index is 0.204. The van der Waals surface area contributed by atoms with Crippen LogP contribution in [0.4, 0.5) is 11.4 Å². The van der Waals surface area contributed by atoms with Crippen LogP contribution in [0.2, 0.25) is 0 Å². The van der Waals surface area contributed by atoms with Crippen LogP contribution in [0.15, 0.2) is 77.9 Å². The smallest absolute Gasteiger partial charge is 0.329 e. The molecule has 0 heterocycles. The van der Waals surface area contributed by atoms with E-state index in [4.69, 9.17) is 4.74 Å². The molecule has 0 saturated heterocycles. The van der Waals surface area contributed by atoms with E-state index in [0.717, 1.165) is 11.1 Å². The molecule has 3 aromatic rings. The van der Waals surface area contributed by atoms with Crippen LogP contribution in [-0.2, 0) is 14.4 Å². The Labute approximate surface area is 191 Å². The monoisotopic (exact) mass is 444 g/mol. The van der Waals surface area contributed by atoms with Crippen molar-refractivity contribution in [3.63, 3.8) is 0 Å². The zero-order chi connectivity index (χ0) is 23.6. The first-order chi connectivity index (χ1) is 15.9. The largest absolute Gasteiger partial charge is 0.483 e. The molecule has 0 fully saturated rings. The van der Waals surface area contributed by atoms with Gasteiger partial charge in [-0.25, -0.2) is 5.43 Å². The number of hydrazone groups is 1. The number of rotatable bonds is 7. The number of carbonyl (C=O) groups excluding carboxylic acids is 3. The second-order valence-corrected chi connectivity index (χ2v) is 7.21. The van der Waals surface area contributed by atoms with Crippen molar-refractivity contribution < 1.29 is 19.1 Å². The molecule has 8 heteroatoms. The van der Waals surface area contributed by atoms with Crippen LogP contribution in [0.25, 0.3) is 0 Å². The van der Waals surface area contributed by atoms with Crippen molar-refractivity contribution in [2.75, 3.05) is 17.2 Å². The lowest BCUT2D eigenvalue weighted by Crippen LogP contribution is -2.32. The Morgan fingerprint density at radius 3 is 2.30 bits per heavy atom. The van der Waals surface area contributed by atoms with E-state index in [-0.39, 0.29) is 12.5 Å². The highest BCUT2D eigenvalue weighted by Gasteiger charge is 2.13. The number of ether oxygens (including phenoxy) is 1. The fourth-order valence-corrected chi connectivity index (χ4v) is 2.80. The van der Waals surface area contributed by atoms with E-state index in [2.05, 4.69) is 21.2 Å². The quantitative estimate of drug-likeness (QED) is 0.295. The minimum Gasteiger partial charge on any atom is -0.483 e. The zero-order valence-corrected chi connectivity index (χ0v) is 18.3. The van der Waals surface area contributed by atoms with E-state index in [1.807, 2.05) is 50.2 Å². The predicted molar refractivity (Wildman–Crippen MR) is 127 cm³/mol. The van der Waals surface area contributed by atoms with Gasteiger partial charge in [-0.2, -0.15) is 5.10 Å². The van der Waals surface area contributed by atoms with Crippen LogP contribution in [0.3, 0.4) is 0 Å². The van der Waals surface area contributed by atoms with Gasteiger partial charge in [0.15, 0.2) is 6.61 Å². The van der Waals surface area contributed by atoms with E-state index in [9.17, 15) is 14.4 Å². The summed E-state index contributed by atoms with van der Waals surface area (Å²) in [7, 11) is 0. The molecule has 0 aliphatic carbocycles. The summed E-state index contributed by atoms with van der Waals surface area (Å²) < 4.78 is 5.61. The van der Waals surface area contributed by atoms with Crippen molar-refractivity contribution in [1.82, 2.24) is 5.43 Å². The molecule has 0 atom stereocenters. The Balaban J connectivity index is 1.53. The molecular weight excluding hydrogens is 420 g/mol. The van der Waals surface area contributed by atoms with Gasteiger partial charge in [0.2, 0.25) is 0 Å². The molecule has 168 valence electrons. The number of nitrogens with one attached hydrogen (secondary N) is 3. The standard InChI is InChI=1S/C25H24N4O4/c1-17-11-13-20(14-12-17)27-24(31)25(32)29-26-15-19-8-4-6-10-22(19)33-16-23(30)28-21-9-5-3-7-18(21)2/h3-15H,16H2,1-2H3,(H,27,31)(H,28,30)(H,29,32)/b26-15-. The summed E-state index contributed by atoms with van der Waals surface area (Å²) in [6.45, 7) is 3.62. The summed E-state index contributed by atoms with van der Waals surface area (Å²) in [5.74, 6) is -1.66. The molecule has 0 bridgehead atoms. The molecule has 3 N–H and O–H groups in total. The van der Waals surface area contributed by atoms with Gasteiger partial charge in [-0.05, 0) is 49.7 Å². The number of carbonyl (C=O) groups is 3. The van der Waals surface area contributed by atoms with Crippen LogP contribution >= 0.6 is 0 Å². The number of anilines is 2. The number of aryl methyl sites for hydroxylation is 2. The summed E-state index contributed by atoms with van der Waals surface area (Å²) in [6, 6.07) is 21.4. The Morgan fingerprint density at radius 1 is 0.848 bits per heavy atom. The van der Waals surface area contributed by atoms with Crippen LogP contribution < -0.4 is 20.8 Å². The van der Waals surface area contributed by atoms with E-state index in [1.165, 1.54) is 6.21 Å². The molecule has 0 aromatic heterocycles. The van der Waals surface area contributed by atoms with Crippen molar-refractivity contribution >= 4 is 35.3 Å². The van der Waals surface area contributed by atoms with E-state index >= 15 is 0 Å². The van der Waals surface area contributed by atoms with Gasteiger partial charge >= 0.3 is 11.8 Å². The maximum Gasteiger partial charge on any atom is 0.329 e. The van der Waals surface area contributed by atoms with Gasteiger partial charge in [-0.1, -0.05) is 48.0 Å². The summed E-state index contributed by atoms with van der Waals surface area (Å²) in [6.07, 6.45) is 1.34. The summed E-state index contributed by atoms with van der Waals surface area (Å²) >= 11 is 0. The van der Waals surface area contributed by atoms with E-state index < -0.39 is 11.8 Å². The van der Waals surface area contributed by atoms with Crippen LogP contribution in [0.1, 0.15) is 16.7 Å². The van der Waals surface area contributed by atoms with Crippen LogP contribution in [0, 0.1) is 13.8 Å². The van der Waals surface area contributed by atoms with Crippen LogP contribution in [0.5, 0.6) is 5.75 Å². The minimum atomic E-state index is -0.914. The Morgan fingerprint density at radius 2 is 1.55 bits per heavy atom. The first kappa shape index (κ1) is 23.2. The van der Waals surface area contributed by atoms with Gasteiger partial charge in [0.05, 0.1) is 6.21 Å². The Hall–Kier alpha value is -4.46. The summed E-state index contributed by atoms with van der Waals surface area (Å²) in [5.41, 5.74) is 5.91. The third-order valence-electron chi connectivity index (χ3n) is 4.58. The number of para-hydroxylation sites is 2. The molecule has 33 heavy (non-hydrogen) atoms. The fraction of sp³-hybridized carbons (Fsp3) is 0.120. The number of amides is 3. The second-order valence-electron chi connectivity index (χ2n) is 7.21. The molecule has 0 aliphatic heterocycles. The molecular formula is C25H24N4O4. The Kier molecular flexibility index (Phi) is 7.91. The highest BCUT2D eigenvalue weighted by molar-refractivity contribution is 6.39. The molecule has 0 saturated carbocycles. The molecule has 0 aliphatic rings. The first-order valence-corrected chi connectivity index (χ1v) is 10.2. The molecule has 8 nitrogen and oxygen atoms in total. The first-order valence-electron chi connectivity index (χ1n) is 10.2. The Bertz CT molecular complexity index is 1170. The average Bonchev–Trinajstić information content (AvgIpc) is 2.81. The third-order valence-corrected chi connectivity index (χ3v) is 4.58. The average molecular weight is 444 g/mol. The van der Waals surface area contributed by atoms with Gasteiger partial charge in [0.25, 0.3) is 5.91 Å². The lowest BCUT2D eigenvalue weighted by atomic mass is 10.2. The van der Waals surface area contributed by atoms with Crippen molar-refractivity contribution in [2.45, 2.75) is 13.8 Å². The predicted octanol–water partition coefficient (Wildman–Crippen LogP) is 3.41. The van der Waals surface area contributed by atoms with Crippen molar-refractivity contribution in [3.05, 3.63) is 89.5 Å². The van der Waals surface area contributed by atoms with Crippen LogP contribution in [-0.4, -0.2) is 30.5 Å². The van der Waals surface area contributed by atoms with Crippen molar-refractivity contribution in [2.24, 2.45) is 5.10 Å². The summed E-state index contributed by atoms with van der Waals surface area (Å²) in [5, 5.41) is 9.11. The van der Waals surface area contributed by atoms with Gasteiger partial charge in [-0.15, -0.1) is 0 Å². The zero-order valence-electron chi connectivity index (χ0n) is 18.3. The summed E-state index contributed by atoms with van der Waals surface area (Å²) in [4.78, 5) is 36.2. The van der Waals surface area contributed by atoms with Gasteiger partial charge in [0.1, 0.15) is 5.75 Å². The maximum absolute atomic E-state index is 12.2. The molecule has 3 amide bonds. The van der Waals surface area contributed by atoms with Gasteiger partial charge in [0, 0.05) is 16.9 Å². The lowest BCUT2D eigenvalue weighted by Gasteiger charge is -2.11. The number of benzene rings is 3. The van der Waals surface area contributed by atoms with Gasteiger partial charge in [-0.3, -0.25) is 14.4 Å². The molecule has 3 rings (SSSR count). The normalized spacial score (nSPS) is 10.5. The number of hydrogen-bond donors (Lipinski definition) is 3. The van der Waals surface area contributed by atoms with Crippen molar-refractivity contribution in [1.29, 1.82) is 0 Å². The topological polar surface area (TPSA) is 109 Å². The fourth-order valence-electron chi connectivity index (χ4n) is 2.80. The SMILES string of the molecule is Cc1ccc(NC(=O)C(=O)N/N=C\c2ccccc2OCC(=O)Nc2ccccc2C)cc1. The molecule has 3 aromatic carbocycles. The molecule has 0 spiro atoms. The highest BCUT2D eigenvalue weighted by atomic mass is 16.5. The number of nitrogens with zero attached hydrogens (tertiary/aromatic N) is 1. The van der Waals surface area contributed by atoms with E-state index in [0.29, 0.717) is 22.7 Å². The third kappa shape index (κ3) is 7.03.